The molecule has 0 spiro atoms. The average Bonchev–Trinajstić information content (AvgIpc) is 2.53. The molecule has 0 aliphatic carbocycles. The maximum Gasteiger partial charge on any atom is 0.329 e. The van der Waals surface area contributed by atoms with Crippen LogP contribution in [0.4, 0.5) is 17.5 Å². The summed E-state index contributed by atoms with van der Waals surface area (Å²) in [6, 6.07) is 7.70. The second kappa shape index (κ2) is 6.78. The van der Waals surface area contributed by atoms with Crippen molar-refractivity contribution in [2.75, 3.05) is 17.7 Å². The summed E-state index contributed by atoms with van der Waals surface area (Å²) in [5.41, 5.74) is 6.47. The summed E-state index contributed by atoms with van der Waals surface area (Å²) in [5, 5.41) is 11.5. The number of aromatic nitrogens is 2. The first-order valence-corrected chi connectivity index (χ1v) is 7.44. The minimum atomic E-state index is -0.598. The van der Waals surface area contributed by atoms with Gasteiger partial charge in [0.25, 0.3) is 0 Å². The predicted octanol–water partition coefficient (Wildman–Crippen LogP) is 3.25. The Hall–Kier alpha value is -2.41. The second-order valence-corrected chi connectivity index (χ2v) is 5.83. The van der Waals surface area contributed by atoms with E-state index in [1.165, 1.54) is 0 Å². The SMILES string of the molecule is C[C@H]([C@@H](C)c1ccc(Cl)cc1)N(C)c1ncc([N+](=O)[O-])c(N)n1. The molecule has 8 heteroatoms. The van der Waals surface area contributed by atoms with Crippen molar-refractivity contribution in [3.63, 3.8) is 0 Å². The maximum absolute atomic E-state index is 10.8. The lowest BCUT2D eigenvalue weighted by atomic mass is 9.94. The van der Waals surface area contributed by atoms with Crippen LogP contribution in [0.2, 0.25) is 5.02 Å². The van der Waals surface area contributed by atoms with Gasteiger partial charge in [-0.15, -0.1) is 0 Å². The molecule has 0 amide bonds. The smallest absolute Gasteiger partial charge is 0.329 e. The van der Waals surface area contributed by atoms with Gasteiger partial charge in [0.2, 0.25) is 11.8 Å². The molecule has 0 bridgehead atoms. The topological polar surface area (TPSA) is 98.2 Å². The molecule has 2 N–H and O–H groups in total. The lowest BCUT2D eigenvalue weighted by Crippen LogP contribution is -2.34. The maximum atomic E-state index is 10.8. The molecule has 0 saturated heterocycles. The molecule has 0 aliphatic heterocycles. The highest BCUT2D eigenvalue weighted by atomic mass is 35.5. The fourth-order valence-corrected chi connectivity index (χ4v) is 2.38. The van der Waals surface area contributed by atoms with E-state index in [1.54, 1.807) is 0 Å². The van der Waals surface area contributed by atoms with Crippen molar-refractivity contribution in [1.29, 1.82) is 0 Å². The quantitative estimate of drug-likeness (QED) is 0.665. The van der Waals surface area contributed by atoms with E-state index in [0.29, 0.717) is 11.0 Å². The zero-order valence-electron chi connectivity index (χ0n) is 13.1. The first-order chi connectivity index (χ1) is 10.8. The highest BCUT2D eigenvalue weighted by Crippen LogP contribution is 2.27. The van der Waals surface area contributed by atoms with E-state index in [1.807, 2.05) is 43.1 Å². The normalized spacial score (nSPS) is 13.4. The van der Waals surface area contributed by atoms with Gasteiger partial charge in [-0.2, -0.15) is 4.98 Å². The van der Waals surface area contributed by atoms with Crippen LogP contribution in [0.3, 0.4) is 0 Å². The Labute approximate surface area is 139 Å². The van der Waals surface area contributed by atoms with E-state index < -0.39 is 4.92 Å². The molecule has 2 aromatic rings. The monoisotopic (exact) mass is 335 g/mol. The van der Waals surface area contributed by atoms with Crippen molar-refractivity contribution in [2.24, 2.45) is 0 Å². The third kappa shape index (κ3) is 3.68. The zero-order valence-corrected chi connectivity index (χ0v) is 13.9. The molecule has 2 rings (SSSR count). The van der Waals surface area contributed by atoms with E-state index >= 15 is 0 Å². The largest absolute Gasteiger partial charge is 0.378 e. The Morgan fingerprint density at radius 3 is 2.43 bits per heavy atom. The summed E-state index contributed by atoms with van der Waals surface area (Å²) in [6.07, 6.45) is 1.13. The third-order valence-corrected chi connectivity index (χ3v) is 4.28. The van der Waals surface area contributed by atoms with Gasteiger partial charge >= 0.3 is 5.69 Å². The van der Waals surface area contributed by atoms with Gasteiger partial charge in [0.05, 0.1) is 4.92 Å². The third-order valence-electron chi connectivity index (χ3n) is 4.03. The molecule has 0 radical (unpaired) electrons. The van der Waals surface area contributed by atoms with Crippen LogP contribution in [-0.2, 0) is 0 Å². The summed E-state index contributed by atoms with van der Waals surface area (Å²) >= 11 is 5.91. The Morgan fingerprint density at radius 2 is 1.91 bits per heavy atom. The van der Waals surface area contributed by atoms with Gasteiger partial charge in [0.1, 0.15) is 6.20 Å². The predicted molar refractivity (Wildman–Crippen MR) is 90.8 cm³/mol. The minimum absolute atomic E-state index is 0.0528. The lowest BCUT2D eigenvalue weighted by molar-refractivity contribution is -0.384. The fraction of sp³-hybridized carbons (Fsp3) is 0.333. The van der Waals surface area contributed by atoms with Crippen LogP contribution in [0.1, 0.15) is 25.3 Å². The highest BCUT2D eigenvalue weighted by Gasteiger charge is 2.23. The van der Waals surface area contributed by atoms with Crippen LogP contribution in [0.15, 0.2) is 30.5 Å². The van der Waals surface area contributed by atoms with Crippen molar-refractivity contribution < 1.29 is 4.92 Å². The van der Waals surface area contributed by atoms with E-state index in [2.05, 4.69) is 16.9 Å². The van der Waals surface area contributed by atoms with Crippen LogP contribution in [0, 0.1) is 10.1 Å². The summed E-state index contributed by atoms with van der Waals surface area (Å²) in [5.74, 6) is 0.386. The second-order valence-electron chi connectivity index (χ2n) is 5.39. The Morgan fingerprint density at radius 1 is 1.30 bits per heavy atom. The van der Waals surface area contributed by atoms with E-state index in [9.17, 15) is 10.1 Å². The van der Waals surface area contributed by atoms with Crippen LogP contribution in [-0.4, -0.2) is 28.0 Å². The van der Waals surface area contributed by atoms with E-state index in [-0.39, 0.29) is 23.5 Å². The van der Waals surface area contributed by atoms with Gasteiger partial charge < -0.3 is 10.6 Å². The van der Waals surface area contributed by atoms with Gasteiger partial charge in [-0.3, -0.25) is 10.1 Å². The van der Waals surface area contributed by atoms with Crippen LogP contribution < -0.4 is 10.6 Å². The van der Waals surface area contributed by atoms with Crippen molar-refractivity contribution >= 4 is 29.1 Å². The molecule has 1 aromatic carbocycles. The molecule has 2 atom stereocenters. The number of rotatable bonds is 5. The van der Waals surface area contributed by atoms with Crippen molar-refractivity contribution in [3.8, 4) is 0 Å². The molecular weight excluding hydrogens is 318 g/mol. The number of nitrogens with two attached hydrogens (primary N) is 1. The van der Waals surface area contributed by atoms with Gasteiger partial charge in [-0.25, -0.2) is 4.98 Å². The summed E-state index contributed by atoms with van der Waals surface area (Å²) in [7, 11) is 1.83. The van der Waals surface area contributed by atoms with E-state index in [0.717, 1.165) is 11.8 Å². The Bertz CT molecular complexity index is 708. The van der Waals surface area contributed by atoms with E-state index in [4.69, 9.17) is 17.3 Å². The van der Waals surface area contributed by atoms with Gasteiger partial charge in [0, 0.05) is 24.0 Å². The Balaban J connectivity index is 2.21. The number of likely N-dealkylation sites (N-methyl/N-ethyl adjacent to an activating group) is 1. The van der Waals surface area contributed by atoms with Crippen molar-refractivity contribution in [3.05, 3.63) is 51.2 Å². The minimum Gasteiger partial charge on any atom is -0.378 e. The summed E-state index contributed by atoms with van der Waals surface area (Å²) in [4.78, 5) is 20.1. The molecule has 1 aromatic heterocycles. The molecule has 0 aliphatic rings. The van der Waals surface area contributed by atoms with Crippen LogP contribution in [0.25, 0.3) is 0 Å². The first kappa shape index (κ1) is 17.0. The molecule has 0 unspecified atom stereocenters. The fourth-order valence-electron chi connectivity index (χ4n) is 2.25. The van der Waals surface area contributed by atoms with Gasteiger partial charge in [-0.05, 0) is 24.6 Å². The average molecular weight is 336 g/mol. The lowest BCUT2D eigenvalue weighted by Gasteiger charge is -2.30. The number of benzene rings is 1. The highest BCUT2D eigenvalue weighted by molar-refractivity contribution is 6.30. The number of halogens is 1. The number of nitro groups is 1. The van der Waals surface area contributed by atoms with Gasteiger partial charge in [-0.1, -0.05) is 30.7 Å². The summed E-state index contributed by atoms with van der Waals surface area (Å²) < 4.78 is 0. The number of anilines is 2. The number of nitrogens with zero attached hydrogens (tertiary/aromatic N) is 4. The van der Waals surface area contributed by atoms with Crippen LogP contribution in [0.5, 0.6) is 0 Å². The van der Waals surface area contributed by atoms with Gasteiger partial charge in [0.15, 0.2) is 0 Å². The first-order valence-electron chi connectivity index (χ1n) is 7.06. The van der Waals surface area contributed by atoms with Crippen LogP contribution >= 0.6 is 11.6 Å². The summed E-state index contributed by atoms with van der Waals surface area (Å²) in [6.45, 7) is 4.11. The number of nitrogen functional groups attached to an aromatic ring is 1. The molecule has 1 heterocycles. The van der Waals surface area contributed by atoms with Crippen molar-refractivity contribution in [1.82, 2.24) is 9.97 Å². The zero-order chi connectivity index (χ0) is 17.1. The molecule has 0 saturated carbocycles. The molecular formula is C15H18ClN5O2. The number of hydrogen-bond donors (Lipinski definition) is 1. The van der Waals surface area contributed by atoms with Crippen molar-refractivity contribution in [2.45, 2.75) is 25.8 Å². The Kier molecular flexibility index (Phi) is 5.00. The molecule has 122 valence electrons. The molecule has 23 heavy (non-hydrogen) atoms. The molecule has 0 fully saturated rings. The molecule has 7 nitrogen and oxygen atoms in total. The standard InChI is InChI=1S/C15H18ClN5O2/c1-9(11-4-6-12(16)7-5-11)10(2)20(3)15-18-8-13(21(22)23)14(17)19-15/h4-10H,1-3H3,(H2,17,18,19)/t9-,10-/m1/s1. The number of hydrogen-bond acceptors (Lipinski definition) is 6.